The van der Waals surface area contributed by atoms with Crippen molar-refractivity contribution in [3.05, 3.63) is 24.3 Å². The van der Waals surface area contributed by atoms with Gasteiger partial charge in [-0.05, 0) is 19.3 Å². The third-order valence-electron chi connectivity index (χ3n) is 3.62. The van der Waals surface area contributed by atoms with E-state index < -0.39 is 18.2 Å². The molecular formula is C15H22O5. The van der Waals surface area contributed by atoms with Crippen molar-refractivity contribution in [1.82, 2.24) is 0 Å². The van der Waals surface area contributed by atoms with Gasteiger partial charge in [0.1, 0.15) is 5.78 Å². The number of ketones is 1. The first kappa shape index (κ1) is 16.6. The Hall–Kier alpha value is -1.46. The quantitative estimate of drug-likeness (QED) is 0.431. The molecule has 5 heteroatoms. The first-order valence-corrected chi connectivity index (χ1v) is 6.74. The third kappa shape index (κ3) is 4.90. The SMILES string of the molecule is COC(=O)C=CC=C[C@@H]1[C@H](CCC(C)=O)[C@@H](O)C[C@H]1O. The molecule has 0 spiro atoms. The number of carbonyl (C=O) groups excluding carboxylic acids is 2. The average Bonchev–Trinajstić information content (AvgIpc) is 2.66. The smallest absolute Gasteiger partial charge is 0.330 e. The summed E-state index contributed by atoms with van der Waals surface area (Å²) in [4.78, 5) is 21.9. The first-order chi connectivity index (χ1) is 9.45. The number of ether oxygens (including phenoxy) is 1. The van der Waals surface area contributed by atoms with Gasteiger partial charge in [0.15, 0.2) is 0 Å². The molecule has 0 amide bonds. The normalized spacial score (nSPS) is 30.2. The number of esters is 1. The van der Waals surface area contributed by atoms with Crippen molar-refractivity contribution in [1.29, 1.82) is 0 Å². The zero-order valence-corrected chi connectivity index (χ0v) is 11.9. The van der Waals surface area contributed by atoms with Gasteiger partial charge in [-0.1, -0.05) is 18.2 Å². The number of aliphatic hydroxyl groups excluding tert-OH is 2. The summed E-state index contributed by atoms with van der Waals surface area (Å²) < 4.78 is 4.46. The molecule has 0 aromatic rings. The van der Waals surface area contributed by atoms with E-state index in [1.54, 1.807) is 12.2 Å². The highest BCUT2D eigenvalue weighted by molar-refractivity contribution is 5.82. The van der Waals surface area contributed by atoms with E-state index in [4.69, 9.17) is 0 Å². The number of hydrogen-bond donors (Lipinski definition) is 2. The van der Waals surface area contributed by atoms with E-state index in [1.165, 1.54) is 26.2 Å². The van der Waals surface area contributed by atoms with Crippen LogP contribution < -0.4 is 0 Å². The molecule has 0 bridgehead atoms. The molecule has 1 saturated carbocycles. The maximum absolute atomic E-state index is 11.0. The maximum Gasteiger partial charge on any atom is 0.330 e. The Morgan fingerprint density at radius 1 is 1.25 bits per heavy atom. The monoisotopic (exact) mass is 282 g/mol. The van der Waals surface area contributed by atoms with E-state index in [-0.39, 0.29) is 17.6 Å². The molecule has 5 nitrogen and oxygen atoms in total. The molecule has 0 saturated heterocycles. The molecule has 0 heterocycles. The fourth-order valence-corrected chi connectivity index (χ4v) is 2.54. The number of rotatable bonds is 6. The van der Waals surface area contributed by atoms with Crippen LogP contribution >= 0.6 is 0 Å². The van der Waals surface area contributed by atoms with Gasteiger partial charge in [0.2, 0.25) is 0 Å². The summed E-state index contributed by atoms with van der Waals surface area (Å²) in [7, 11) is 1.30. The number of carbonyl (C=O) groups is 2. The Labute approximate surface area is 118 Å². The molecule has 0 radical (unpaired) electrons. The van der Waals surface area contributed by atoms with Crippen molar-refractivity contribution in [2.75, 3.05) is 7.11 Å². The fourth-order valence-electron chi connectivity index (χ4n) is 2.54. The second kappa shape index (κ2) is 7.97. The van der Waals surface area contributed by atoms with E-state index in [0.717, 1.165) is 0 Å². The summed E-state index contributed by atoms with van der Waals surface area (Å²) in [5, 5.41) is 19.9. The van der Waals surface area contributed by atoms with E-state index >= 15 is 0 Å². The Kier molecular flexibility index (Phi) is 6.61. The summed E-state index contributed by atoms with van der Waals surface area (Å²) in [6.07, 6.45) is 6.30. The molecule has 20 heavy (non-hydrogen) atoms. The maximum atomic E-state index is 11.0. The van der Waals surface area contributed by atoms with Crippen LogP contribution in [-0.2, 0) is 14.3 Å². The van der Waals surface area contributed by atoms with Gasteiger partial charge >= 0.3 is 5.97 Å². The van der Waals surface area contributed by atoms with Gasteiger partial charge in [0.05, 0.1) is 19.3 Å². The van der Waals surface area contributed by atoms with E-state index in [0.29, 0.717) is 19.3 Å². The van der Waals surface area contributed by atoms with Crippen molar-refractivity contribution >= 4 is 11.8 Å². The third-order valence-corrected chi connectivity index (χ3v) is 3.62. The van der Waals surface area contributed by atoms with E-state index in [9.17, 15) is 19.8 Å². The van der Waals surface area contributed by atoms with Crippen molar-refractivity contribution in [2.45, 2.75) is 38.4 Å². The molecule has 0 unspecified atom stereocenters. The minimum Gasteiger partial charge on any atom is -0.466 e. The number of allylic oxidation sites excluding steroid dienone is 2. The minimum absolute atomic E-state index is 0.0758. The molecule has 1 fully saturated rings. The van der Waals surface area contributed by atoms with E-state index in [1.807, 2.05) is 0 Å². The van der Waals surface area contributed by atoms with Crippen LogP contribution in [0.1, 0.15) is 26.2 Å². The molecular weight excluding hydrogens is 260 g/mol. The summed E-state index contributed by atoms with van der Waals surface area (Å²) >= 11 is 0. The second-order valence-electron chi connectivity index (χ2n) is 5.12. The summed E-state index contributed by atoms with van der Waals surface area (Å²) in [5.41, 5.74) is 0. The highest BCUT2D eigenvalue weighted by Crippen LogP contribution is 2.36. The lowest BCUT2D eigenvalue weighted by molar-refractivity contribution is -0.134. The Morgan fingerprint density at radius 2 is 1.95 bits per heavy atom. The molecule has 0 aromatic carbocycles. The molecule has 1 rings (SSSR count). The molecule has 1 aliphatic carbocycles. The molecule has 112 valence electrons. The van der Waals surface area contributed by atoms with Crippen LogP contribution in [0.25, 0.3) is 0 Å². The zero-order chi connectivity index (χ0) is 15.1. The van der Waals surface area contributed by atoms with Crippen LogP contribution in [0, 0.1) is 11.8 Å². The lowest BCUT2D eigenvalue weighted by Gasteiger charge is -2.19. The molecule has 4 atom stereocenters. The largest absolute Gasteiger partial charge is 0.466 e. The molecule has 1 aliphatic rings. The summed E-state index contributed by atoms with van der Waals surface area (Å²) in [5.74, 6) is -0.704. The van der Waals surface area contributed by atoms with Crippen LogP contribution in [0.4, 0.5) is 0 Å². The van der Waals surface area contributed by atoms with Crippen molar-refractivity contribution < 1.29 is 24.5 Å². The fraction of sp³-hybridized carbons (Fsp3) is 0.600. The predicted octanol–water partition coefficient (Wildman–Crippen LogP) is 0.999. The van der Waals surface area contributed by atoms with Gasteiger partial charge < -0.3 is 19.7 Å². The molecule has 0 aliphatic heterocycles. The van der Waals surface area contributed by atoms with Crippen molar-refractivity contribution in [3.63, 3.8) is 0 Å². The van der Waals surface area contributed by atoms with Gasteiger partial charge in [-0.25, -0.2) is 4.79 Å². The summed E-state index contributed by atoms with van der Waals surface area (Å²) in [6.45, 7) is 1.52. The van der Waals surface area contributed by atoms with Gasteiger partial charge in [0.25, 0.3) is 0 Å². The lowest BCUT2D eigenvalue weighted by Crippen LogP contribution is -2.21. The van der Waals surface area contributed by atoms with Crippen LogP contribution in [0.5, 0.6) is 0 Å². The highest BCUT2D eigenvalue weighted by Gasteiger charge is 2.39. The Balaban J connectivity index is 2.63. The topological polar surface area (TPSA) is 83.8 Å². The van der Waals surface area contributed by atoms with Gasteiger partial charge in [-0.3, -0.25) is 0 Å². The highest BCUT2D eigenvalue weighted by atomic mass is 16.5. The lowest BCUT2D eigenvalue weighted by atomic mass is 9.88. The molecule has 2 N–H and O–H groups in total. The Morgan fingerprint density at radius 3 is 2.55 bits per heavy atom. The van der Waals surface area contributed by atoms with Gasteiger partial charge in [-0.2, -0.15) is 0 Å². The first-order valence-electron chi connectivity index (χ1n) is 6.74. The Bertz CT molecular complexity index is 399. The number of hydrogen-bond acceptors (Lipinski definition) is 5. The minimum atomic E-state index is -0.621. The standard InChI is InChI=1S/C15H22O5/c1-10(16)7-8-12-11(13(17)9-14(12)18)5-3-4-6-15(19)20-2/h3-6,11-14,17-18H,7-9H2,1-2H3/t11-,12+,13-,14+/m1/s1. The molecule has 0 aromatic heterocycles. The number of Topliss-reactive ketones (excluding diaryl/α,β-unsaturated/α-hetero) is 1. The summed E-state index contributed by atoms with van der Waals surface area (Å²) in [6, 6.07) is 0. The van der Waals surface area contributed by atoms with Crippen molar-refractivity contribution in [3.8, 4) is 0 Å². The van der Waals surface area contributed by atoms with Gasteiger partial charge in [0, 0.05) is 24.8 Å². The van der Waals surface area contributed by atoms with E-state index in [2.05, 4.69) is 4.74 Å². The second-order valence-corrected chi connectivity index (χ2v) is 5.12. The van der Waals surface area contributed by atoms with Crippen LogP contribution in [0.15, 0.2) is 24.3 Å². The van der Waals surface area contributed by atoms with Crippen LogP contribution in [0.3, 0.4) is 0 Å². The zero-order valence-electron chi connectivity index (χ0n) is 11.9. The predicted molar refractivity (Wildman–Crippen MR) is 73.8 cm³/mol. The number of methoxy groups -OCH3 is 1. The van der Waals surface area contributed by atoms with Crippen molar-refractivity contribution in [2.24, 2.45) is 11.8 Å². The van der Waals surface area contributed by atoms with Crippen LogP contribution in [-0.4, -0.2) is 41.3 Å². The number of aliphatic hydroxyl groups is 2. The van der Waals surface area contributed by atoms with Gasteiger partial charge in [-0.15, -0.1) is 0 Å². The average molecular weight is 282 g/mol. The van der Waals surface area contributed by atoms with Crippen LogP contribution in [0.2, 0.25) is 0 Å².